The van der Waals surface area contributed by atoms with E-state index in [0.29, 0.717) is 0 Å². The van der Waals surface area contributed by atoms with Crippen molar-refractivity contribution in [3.8, 4) is 0 Å². The van der Waals surface area contributed by atoms with E-state index in [1.54, 1.807) is 22.3 Å². The molecule has 0 radical (unpaired) electrons. The first-order valence-electron chi connectivity index (χ1n) is 7.10. The molecule has 0 amide bonds. The third-order valence-electron chi connectivity index (χ3n) is 4.72. The maximum Gasteiger partial charge on any atom is 0.164 e. The van der Waals surface area contributed by atoms with Crippen molar-refractivity contribution in [3.63, 3.8) is 0 Å². The van der Waals surface area contributed by atoms with Gasteiger partial charge in [-0.25, -0.2) is 4.34 Å². The maximum absolute atomic E-state index is 3.02. The fraction of sp³-hybridized carbons (Fsp3) is 0.733. The van der Waals surface area contributed by atoms with E-state index in [-0.39, 0.29) is 0 Å². The highest BCUT2D eigenvalue weighted by Crippen LogP contribution is 2.71. The molecule has 0 aromatic carbocycles. The summed E-state index contributed by atoms with van der Waals surface area (Å²) in [5.74, 6) is 0. The van der Waals surface area contributed by atoms with Crippen LogP contribution in [-0.4, -0.2) is 37.6 Å². The molecule has 102 valence electrons. The molecule has 18 heavy (non-hydrogen) atoms. The quantitative estimate of drug-likeness (QED) is 0.381. The molecule has 2 aliphatic rings. The predicted octanol–water partition coefficient (Wildman–Crippen LogP) is 4.76. The lowest BCUT2D eigenvalue weighted by atomic mass is 10.2. The van der Waals surface area contributed by atoms with Crippen LogP contribution in [0.15, 0.2) is 22.3 Å². The van der Waals surface area contributed by atoms with Crippen LogP contribution in [0.25, 0.3) is 0 Å². The molecular formula is C15H29NPSi+. The van der Waals surface area contributed by atoms with Crippen LogP contribution < -0.4 is 0 Å². The Morgan fingerprint density at radius 3 is 1.56 bits per heavy atom. The molecule has 0 saturated carbocycles. The zero-order valence-corrected chi connectivity index (χ0v) is 15.1. The first kappa shape index (κ1) is 14.5. The molecule has 3 heteroatoms. The van der Waals surface area contributed by atoms with Gasteiger partial charge in [-0.3, -0.25) is 0 Å². The summed E-state index contributed by atoms with van der Waals surface area (Å²) in [6, 6.07) is 0. The van der Waals surface area contributed by atoms with Crippen molar-refractivity contribution in [2.45, 2.75) is 47.3 Å². The largest absolute Gasteiger partial charge is 0.201 e. The van der Waals surface area contributed by atoms with Crippen molar-refractivity contribution in [1.29, 1.82) is 0 Å². The summed E-state index contributed by atoms with van der Waals surface area (Å²) < 4.78 is 3.02. The van der Waals surface area contributed by atoms with Crippen LogP contribution >= 0.6 is 7.41 Å². The zero-order valence-electron chi connectivity index (χ0n) is 13.2. The molecule has 0 unspecified atom stereocenters. The lowest BCUT2D eigenvalue weighted by Gasteiger charge is -2.45. The second kappa shape index (κ2) is 4.58. The van der Waals surface area contributed by atoms with Crippen LogP contribution in [0.5, 0.6) is 0 Å². The summed E-state index contributed by atoms with van der Waals surface area (Å²) in [4.78, 5) is 0. The second-order valence-electron chi connectivity index (χ2n) is 7.42. The number of allylic oxidation sites excluding steroid dienone is 3. The number of rotatable bonds is 1. The molecule has 2 rings (SSSR count). The van der Waals surface area contributed by atoms with Gasteiger partial charge in [-0.2, -0.15) is 0 Å². The smallest absolute Gasteiger partial charge is 0.164 e. The normalized spacial score (nSPS) is 25.5. The Bertz CT molecular complexity index is 414. The lowest BCUT2D eigenvalue weighted by molar-refractivity contribution is 0.677. The van der Waals surface area contributed by atoms with Crippen molar-refractivity contribution in [3.05, 3.63) is 22.3 Å². The topological polar surface area (TPSA) is 3.24 Å². The van der Waals surface area contributed by atoms with E-state index in [1.807, 2.05) is 0 Å². The van der Waals surface area contributed by atoms with E-state index in [9.17, 15) is 0 Å². The summed E-state index contributed by atoms with van der Waals surface area (Å²) in [6.45, 7) is 18.3. The highest BCUT2D eigenvalue weighted by molar-refractivity contribution is 7.76. The number of nitrogens with zero attached hydrogens (tertiary/aromatic N) is 1. The van der Waals surface area contributed by atoms with Crippen LogP contribution in [0, 0.1) is 0 Å². The molecule has 0 aromatic heterocycles. The Labute approximate surface area is 115 Å². The summed E-state index contributed by atoms with van der Waals surface area (Å²) in [6.07, 6.45) is 4.22. The summed E-state index contributed by atoms with van der Waals surface area (Å²) in [7, 11) is -2.12. The maximum atomic E-state index is 3.02. The van der Waals surface area contributed by atoms with Crippen molar-refractivity contribution in [1.82, 2.24) is 4.34 Å². The first-order valence-corrected chi connectivity index (χ1v) is 12.8. The van der Waals surface area contributed by atoms with Gasteiger partial charge in [-0.05, 0) is 44.4 Å². The molecule has 0 atom stereocenters. The number of hydrogen-bond acceptors (Lipinski definition) is 1. The summed E-state index contributed by atoms with van der Waals surface area (Å²) in [5.41, 5.74) is 6.73. The van der Waals surface area contributed by atoms with E-state index >= 15 is 0 Å². The van der Waals surface area contributed by atoms with E-state index < -0.39 is 15.6 Å². The van der Waals surface area contributed by atoms with E-state index in [2.05, 4.69) is 51.7 Å². The standard InChI is InChI=1S/C15H29NPSi/c1-12-8-16(18(5,6)7)17(9-13(12)2)10-14(3)15(4)11-17/h8-11H2,1-7H3/q+1. The first-order chi connectivity index (χ1) is 8.16. The van der Waals surface area contributed by atoms with E-state index in [4.69, 9.17) is 0 Å². The molecule has 2 heterocycles. The van der Waals surface area contributed by atoms with Crippen LogP contribution in [-0.2, 0) is 0 Å². The van der Waals surface area contributed by atoms with Gasteiger partial charge in [-0.15, -0.1) is 0 Å². The molecule has 0 saturated heterocycles. The minimum absolute atomic E-state index is 0.915. The Morgan fingerprint density at radius 2 is 1.17 bits per heavy atom. The average molecular weight is 282 g/mol. The molecule has 0 bridgehead atoms. The molecule has 0 fully saturated rings. The van der Waals surface area contributed by atoms with Gasteiger partial charge in [0.2, 0.25) is 0 Å². The van der Waals surface area contributed by atoms with Crippen molar-refractivity contribution in [2.75, 3.05) is 25.0 Å². The summed E-state index contributed by atoms with van der Waals surface area (Å²) in [5, 5.41) is 0. The van der Waals surface area contributed by atoms with Gasteiger partial charge >= 0.3 is 0 Å². The molecule has 1 nitrogen and oxygen atoms in total. The van der Waals surface area contributed by atoms with Crippen molar-refractivity contribution < 1.29 is 0 Å². The Balaban J connectivity index is 2.39. The van der Waals surface area contributed by atoms with Gasteiger partial charge in [0, 0.05) is 6.54 Å². The third kappa shape index (κ3) is 2.40. The highest BCUT2D eigenvalue weighted by atomic mass is 31.2. The van der Waals surface area contributed by atoms with Gasteiger partial charge in [0.05, 0.1) is 25.9 Å². The van der Waals surface area contributed by atoms with Gasteiger partial charge in [0.15, 0.2) is 8.24 Å². The summed E-state index contributed by atoms with van der Waals surface area (Å²) >= 11 is 0. The van der Waals surface area contributed by atoms with Crippen LogP contribution in [0.3, 0.4) is 0 Å². The van der Waals surface area contributed by atoms with Gasteiger partial charge in [0.1, 0.15) is 0 Å². The van der Waals surface area contributed by atoms with Crippen LogP contribution in [0.2, 0.25) is 19.6 Å². The van der Waals surface area contributed by atoms with Crippen LogP contribution in [0.4, 0.5) is 0 Å². The Kier molecular flexibility index (Phi) is 3.68. The molecular weight excluding hydrogens is 253 g/mol. The molecule has 2 aliphatic heterocycles. The number of hydrogen-bond donors (Lipinski definition) is 0. The fourth-order valence-electron chi connectivity index (χ4n) is 3.54. The van der Waals surface area contributed by atoms with E-state index in [0.717, 1.165) is 0 Å². The van der Waals surface area contributed by atoms with E-state index in [1.165, 1.54) is 25.0 Å². The monoisotopic (exact) mass is 282 g/mol. The van der Waals surface area contributed by atoms with Gasteiger partial charge < -0.3 is 0 Å². The molecule has 1 spiro atoms. The minimum atomic E-state index is -1.20. The lowest BCUT2D eigenvalue weighted by Crippen LogP contribution is -2.49. The van der Waals surface area contributed by atoms with Crippen molar-refractivity contribution in [2.24, 2.45) is 0 Å². The highest BCUT2D eigenvalue weighted by Gasteiger charge is 2.54. The van der Waals surface area contributed by atoms with Crippen LogP contribution in [0.1, 0.15) is 27.7 Å². The molecule has 0 aromatic rings. The SMILES string of the molecule is CC1=C(C)C[P+]2(CC(C)=C(C)C2)N([Si](C)(C)C)C1. The zero-order chi connectivity index (χ0) is 13.7. The third-order valence-corrected chi connectivity index (χ3v) is 13.9. The minimum Gasteiger partial charge on any atom is -0.201 e. The molecule has 0 N–H and O–H groups in total. The second-order valence-corrected chi connectivity index (χ2v) is 16.3. The average Bonchev–Trinajstić information content (AvgIpc) is 2.47. The Hall–Kier alpha value is 0.0869. The molecule has 0 aliphatic carbocycles. The Morgan fingerprint density at radius 1 is 0.778 bits per heavy atom. The van der Waals surface area contributed by atoms with Gasteiger partial charge in [0.25, 0.3) is 0 Å². The van der Waals surface area contributed by atoms with Crippen molar-refractivity contribution >= 4 is 15.6 Å². The fourth-order valence-corrected chi connectivity index (χ4v) is 14.8. The van der Waals surface area contributed by atoms with Gasteiger partial charge in [-0.1, -0.05) is 25.2 Å². The predicted molar refractivity (Wildman–Crippen MR) is 88.3 cm³/mol.